The van der Waals surface area contributed by atoms with Gasteiger partial charge in [-0.05, 0) is 59.5 Å². The Morgan fingerprint density at radius 3 is 2.54 bits per heavy atom. The van der Waals surface area contributed by atoms with Gasteiger partial charge in [-0.15, -0.1) is 0 Å². The second-order valence-corrected chi connectivity index (χ2v) is 8.86. The van der Waals surface area contributed by atoms with E-state index in [2.05, 4.69) is 33.4 Å². The Kier molecular flexibility index (Phi) is 4.71. The van der Waals surface area contributed by atoms with Crippen molar-refractivity contribution >= 4 is 0 Å². The Morgan fingerprint density at radius 2 is 1.92 bits per heavy atom. The van der Waals surface area contributed by atoms with Crippen LogP contribution in [-0.4, -0.2) is 46.8 Å². The van der Waals surface area contributed by atoms with Gasteiger partial charge < -0.3 is 20.1 Å². The van der Waals surface area contributed by atoms with Crippen molar-refractivity contribution in [1.29, 1.82) is 0 Å². The van der Waals surface area contributed by atoms with Crippen LogP contribution in [0.1, 0.15) is 46.5 Å². The maximum Gasteiger partial charge on any atom is 0.101 e. The molecule has 3 rings (SSSR count). The first-order valence-electron chi connectivity index (χ1n) is 9.17. The number of aliphatic hydroxyl groups excluding tert-OH is 3. The van der Waals surface area contributed by atoms with Crippen LogP contribution in [0.3, 0.4) is 0 Å². The number of hydrogen-bond donors (Lipinski definition) is 3. The SMILES string of the molecule is C=C1[C@@H](O)C[C@H]2C(C)(C)[C@@H](O)CC[C@]2(C)[C@H]1C/C=C1/COC[C@@H]1O. The highest BCUT2D eigenvalue weighted by Crippen LogP contribution is 2.61. The van der Waals surface area contributed by atoms with E-state index in [1.165, 1.54) is 0 Å². The number of rotatable bonds is 2. The molecule has 4 heteroatoms. The molecular formula is C20H32O4. The molecule has 0 radical (unpaired) electrons. The van der Waals surface area contributed by atoms with Crippen molar-refractivity contribution in [3.8, 4) is 0 Å². The van der Waals surface area contributed by atoms with Gasteiger partial charge in [0.25, 0.3) is 0 Å². The summed E-state index contributed by atoms with van der Waals surface area (Å²) in [4.78, 5) is 0. The van der Waals surface area contributed by atoms with Crippen LogP contribution < -0.4 is 0 Å². The Labute approximate surface area is 145 Å². The van der Waals surface area contributed by atoms with E-state index in [-0.39, 0.29) is 28.8 Å². The summed E-state index contributed by atoms with van der Waals surface area (Å²) in [6, 6.07) is 0. The van der Waals surface area contributed by atoms with Gasteiger partial charge in [0.1, 0.15) is 6.10 Å². The van der Waals surface area contributed by atoms with E-state index in [1.807, 2.05) is 0 Å². The molecule has 1 heterocycles. The van der Waals surface area contributed by atoms with Crippen LogP contribution in [0.2, 0.25) is 0 Å². The maximum atomic E-state index is 10.6. The van der Waals surface area contributed by atoms with E-state index in [1.54, 1.807) is 0 Å². The molecule has 0 aromatic heterocycles. The molecule has 2 aliphatic carbocycles. The fourth-order valence-corrected chi connectivity index (χ4v) is 5.47. The van der Waals surface area contributed by atoms with Crippen LogP contribution in [0.25, 0.3) is 0 Å². The molecule has 0 amide bonds. The molecule has 136 valence electrons. The molecule has 3 N–H and O–H groups in total. The van der Waals surface area contributed by atoms with Crippen LogP contribution >= 0.6 is 0 Å². The molecule has 0 spiro atoms. The van der Waals surface area contributed by atoms with E-state index in [9.17, 15) is 15.3 Å². The molecular weight excluding hydrogens is 304 g/mol. The molecule has 1 aliphatic heterocycles. The minimum Gasteiger partial charge on any atom is -0.393 e. The van der Waals surface area contributed by atoms with Crippen molar-refractivity contribution in [2.75, 3.05) is 13.2 Å². The van der Waals surface area contributed by atoms with Crippen molar-refractivity contribution in [3.63, 3.8) is 0 Å². The minimum atomic E-state index is -0.513. The molecule has 6 atom stereocenters. The van der Waals surface area contributed by atoms with Crippen molar-refractivity contribution in [1.82, 2.24) is 0 Å². The quantitative estimate of drug-likeness (QED) is 0.678. The van der Waals surface area contributed by atoms with E-state index < -0.39 is 12.2 Å². The molecule has 1 saturated heterocycles. The Bertz CT molecular complexity index is 538. The standard InChI is InChI=1S/C20H32O4/c1-12-14(6-5-13-10-24-11-16(13)22)20(4)8-7-18(23)19(2,3)17(20)9-15(12)21/h5,14-18,21-23H,1,6-11H2,2-4H3/b13-5-/t14-,15-,16-,17-,18-,20+/m0/s1. The highest BCUT2D eigenvalue weighted by Gasteiger charge is 2.57. The lowest BCUT2D eigenvalue weighted by molar-refractivity contribution is -0.139. The largest absolute Gasteiger partial charge is 0.393 e. The predicted octanol–water partition coefficient (Wildman–Crippen LogP) is 2.43. The van der Waals surface area contributed by atoms with Crippen molar-refractivity contribution < 1.29 is 20.1 Å². The van der Waals surface area contributed by atoms with Crippen LogP contribution in [0.4, 0.5) is 0 Å². The maximum absolute atomic E-state index is 10.6. The van der Waals surface area contributed by atoms with Crippen LogP contribution in [0, 0.1) is 22.7 Å². The van der Waals surface area contributed by atoms with Gasteiger partial charge in [0.2, 0.25) is 0 Å². The number of ether oxygens (including phenoxy) is 1. The molecule has 0 bridgehead atoms. The lowest BCUT2D eigenvalue weighted by Crippen LogP contribution is -2.57. The first-order chi connectivity index (χ1) is 11.2. The molecule has 0 unspecified atom stereocenters. The lowest BCUT2D eigenvalue weighted by atomic mass is 9.46. The Balaban J connectivity index is 1.90. The summed E-state index contributed by atoms with van der Waals surface area (Å²) in [5.41, 5.74) is 1.65. The highest BCUT2D eigenvalue weighted by molar-refractivity contribution is 5.23. The zero-order valence-corrected chi connectivity index (χ0v) is 15.2. The van der Waals surface area contributed by atoms with Gasteiger partial charge in [-0.25, -0.2) is 0 Å². The molecule has 4 nitrogen and oxygen atoms in total. The summed E-state index contributed by atoms with van der Waals surface area (Å²) >= 11 is 0. The number of aliphatic hydroxyl groups is 3. The molecule has 0 aromatic rings. The normalized spacial score (nSPS) is 47.0. The first-order valence-corrected chi connectivity index (χ1v) is 9.17. The van der Waals surface area contributed by atoms with E-state index in [4.69, 9.17) is 4.74 Å². The average molecular weight is 336 g/mol. The van der Waals surface area contributed by atoms with E-state index >= 15 is 0 Å². The first kappa shape index (κ1) is 18.1. The zero-order valence-electron chi connectivity index (χ0n) is 15.2. The van der Waals surface area contributed by atoms with Gasteiger partial charge in [-0.3, -0.25) is 0 Å². The number of allylic oxidation sites excluding steroid dienone is 1. The van der Waals surface area contributed by atoms with Crippen LogP contribution in [-0.2, 0) is 4.74 Å². The van der Waals surface area contributed by atoms with Gasteiger partial charge in [0.15, 0.2) is 0 Å². The van der Waals surface area contributed by atoms with Crippen LogP contribution in [0.15, 0.2) is 23.8 Å². The minimum absolute atomic E-state index is 0.0144. The zero-order chi connectivity index (χ0) is 17.7. The highest BCUT2D eigenvalue weighted by atomic mass is 16.5. The monoisotopic (exact) mass is 336 g/mol. The van der Waals surface area contributed by atoms with Gasteiger partial charge in [-0.1, -0.05) is 33.4 Å². The Morgan fingerprint density at radius 1 is 1.21 bits per heavy atom. The summed E-state index contributed by atoms with van der Waals surface area (Å²) in [5, 5.41) is 31.0. The number of hydrogen-bond acceptors (Lipinski definition) is 4. The summed E-state index contributed by atoms with van der Waals surface area (Å²) in [5.74, 6) is 0.417. The fourth-order valence-electron chi connectivity index (χ4n) is 5.47. The molecule has 0 aromatic carbocycles. The number of fused-ring (bicyclic) bond motifs is 1. The molecule has 24 heavy (non-hydrogen) atoms. The van der Waals surface area contributed by atoms with E-state index in [0.717, 1.165) is 30.4 Å². The summed E-state index contributed by atoms with van der Waals surface area (Å²) in [6.07, 6.45) is 3.94. The topological polar surface area (TPSA) is 69.9 Å². The summed E-state index contributed by atoms with van der Waals surface area (Å²) < 4.78 is 5.31. The third-order valence-corrected chi connectivity index (χ3v) is 7.23. The summed E-state index contributed by atoms with van der Waals surface area (Å²) in [6.45, 7) is 11.6. The van der Waals surface area contributed by atoms with Crippen molar-refractivity contribution in [3.05, 3.63) is 23.8 Å². The lowest BCUT2D eigenvalue weighted by Gasteiger charge is -2.60. The molecule has 3 aliphatic rings. The van der Waals surface area contributed by atoms with Crippen molar-refractivity contribution in [2.45, 2.75) is 64.8 Å². The second kappa shape index (κ2) is 6.24. The van der Waals surface area contributed by atoms with Gasteiger partial charge >= 0.3 is 0 Å². The third kappa shape index (κ3) is 2.78. The predicted molar refractivity (Wildman–Crippen MR) is 93.4 cm³/mol. The fraction of sp³-hybridized carbons (Fsp3) is 0.800. The smallest absolute Gasteiger partial charge is 0.101 e. The van der Waals surface area contributed by atoms with E-state index in [0.29, 0.717) is 19.6 Å². The van der Waals surface area contributed by atoms with Crippen LogP contribution in [0.5, 0.6) is 0 Å². The second-order valence-electron chi connectivity index (χ2n) is 8.86. The molecule has 3 fully saturated rings. The van der Waals surface area contributed by atoms with Gasteiger partial charge in [-0.2, -0.15) is 0 Å². The average Bonchev–Trinajstić information content (AvgIpc) is 2.92. The van der Waals surface area contributed by atoms with Gasteiger partial charge in [0, 0.05) is 0 Å². The van der Waals surface area contributed by atoms with Crippen molar-refractivity contribution in [2.24, 2.45) is 22.7 Å². The Hall–Kier alpha value is -0.680. The van der Waals surface area contributed by atoms with Gasteiger partial charge in [0.05, 0.1) is 25.4 Å². The molecule has 2 saturated carbocycles. The third-order valence-electron chi connectivity index (χ3n) is 7.23. The summed E-state index contributed by atoms with van der Waals surface area (Å²) in [7, 11) is 0.